The minimum Gasteiger partial charge on any atom is -0.393 e. The first-order chi connectivity index (χ1) is 6.18. The van der Waals surface area contributed by atoms with Gasteiger partial charge in [0.15, 0.2) is 0 Å². The van der Waals surface area contributed by atoms with E-state index >= 15 is 0 Å². The van der Waals surface area contributed by atoms with Crippen LogP contribution < -0.4 is 5.32 Å². The zero-order valence-corrected chi connectivity index (χ0v) is 9.03. The molecule has 0 aromatic carbocycles. The molecule has 1 heterocycles. The fourth-order valence-corrected chi connectivity index (χ4v) is 1.96. The number of hydrogen-bond acceptors (Lipinski definition) is 3. The molecule has 1 aromatic heterocycles. The lowest BCUT2D eigenvalue weighted by Gasteiger charge is -2.04. The van der Waals surface area contributed by atoms with Crippen LogP contribution in [-0.4, -0.2) is 17.8 Å². The summed E-state index contributed by atoms with van der Waals surface area (Å²) in [5, 5.41) is 12.3. The Balaban J connectivity index is 2.13. The van der Waals surface area contributed by atoms with E-state index in [1.54, 1.807) is 0 Å². The van der Waals surface area contributed by atoms with Crippen LogP contribution in [-0.2, 0) is 6.54 Å². The summed E-state index contributed by atoms with van der Waals surface area (Å²) in [6.07, 6.45) is 0.627. The Kier molecular flexibility index (Phi) is 4.42. The van der Waals surface area contributed by atoms with E-state index in [1.807, 2.05) is 18.3 Å². The van der Waals surface area contributed by atoms with Crippen molar-refractivity contribution in [3.8, 4) is 0 Å². The molecule has 2 N–H and O–H groups in total. The Morgan fingerprint density at radius 3 is 2.85 bits per heavy atom. The molecule has 1 aromatic rings. The Morgan fingerprint density at radius 2 is 2.31 bits per heavy atom. The summed E-state index contributed by atoms with van der Waals surface area (Å²) in [5.41, 5.74) is 0. The molecule has 0 radical (unpaired) electrons. The van der Waals surface area contributed by atoms with E-state index in [0.29, 0.717) is 0 Å². The summed E-state index contributed by atoms with van der Waals surface area (Å²) < 4.78 is 0. The van der Waals surface area contributed by atoms with Crippen molar-refractivity contribution in [1.82, 2.24) is 5.32 Å². The number of rotatable bonds is 5. The van der Waals surface area contributed by atoms with Crippen LogP contribution in [0.2, 0.25) is 0 Å². The summed E-state index contributed by atoms with van der Waals surface area (Å²) in [4.78, 5) is 2.72. The molecule has 1 atom stereocenters. The van der Waals surface area contributed by atoms with Crippen molar-refractivity contribution in [2.75, 3.05) is 6.54 Å². The maximum atomic E-state index is 9.02. The van der Waals surface area contributed by atoms with Gasteiger partial charge >= 0.3 is 0 Å². The quantitative estimate of drug-likeness (QED) is 0.710. The molecule has 0 saturated heterocycles. The largest absolute Gasteiger partial charge is 0.393 e. The van der Waals surface area contributed by atoms with Gasteiger partial charge in [-0.15, -0.1) is 11.3 Å². The van der Waals surface area contributed by atoms with Gasteiger partial charge in [-0.25, -0.2) is 0 Å². The van der Waals surface area contributed by atoms with Gasteiger partial charge in [0.25, 0.3) is 0 Å². The van der Waals surface area contributed by atoms with Crippen LogP contribution in [0.25, 0.3) is 0 Å². The van der Waals surface area contributed by atoms with E-state index in [4.69, 9.17) is 5.11 Å². The SMILES string of the molecule is Cc1ccc(CNCC[C@@H](C)O)s1. The lowest BCUT2D eigenvalue weighted by molar-refractivity contribution is 0.183. The highest BCUT2D eigenvalue weighted by atomic mass is 32.1. The fraction of sp³-hybridized carbons (Fsp3) is 0.600. The predicted octanol–water partition coefficient (Wildman–Crippen LogP) is 1.92. The van der Waals surface area contributed by atoms with Gasteiger partial charge in [-0.3, -0.25) is 0 Å². The highest BCUT2D eigenvalue weighted by molar-refractivity contribution is 7.11. The molecular formula is C10H17NOS. The minimum absolute atomic E-state index is 0.197. The number of aryl methyl sites for hydroxylation is 1. The first-order valence-electron chi connectivity index (χ1n) is 4.62. The monoisotopic (exact) mass is 199 g/mol. The van der Waals surface area contributed by atoms with E-state index in [9.17, 15) is 0 Å². The molecule has 74 valence electrons. The van der Waals surface area contributed by atoms with Gasteiger partial charge in [-0.2, -0.15) is 0 Å². The first kappa shape index (κ1) is 10.7. The van der Waals surface area contributed by atoms with Gasteiger partial charge in [0.05, 0.1) is 6.10 Å². The second kappa shape index (κ2) is 5.37. The lowest BCUT2D eigenvalue weighted by atomic mass is 10.3. The maximum Gasteiger partial charge on any atom is 0.0524 e. The van der Waals surface area contributed by atoms with E-state index in [0.717, 1.165) is 19.5 Å². The van der Waals surface area contributed by atoms with E-state index in [1.165, 1.54) is 9.75 Å². The Hall–Kier alpha value is -0.380. The zero-order valence-electron chi connectivity index (χ0n) is 8.21. The van der Waals surface area contributed by atoms with Crippen LogP contribution in [0.3, 0.4) is 0 Å². The number of nitrogens with one attached hydrogen (secondary N) is 1. The number of hydrogen-bond donors (Lipinski definition) is 2. The van der Waals surface area contributed by atoms with Crippen molar-refractivity contribution in [3.63, 3.8) is 0 Å². The molecule has 0 fully saturated rings. The van der Waals surface area contributed by atoms with Crippen molar-refractivity contribution in [1.29, 1.82) is 0 Å². The van der Waals surface area contributed by atoms with Crippen molar-refractivity contribution in [2.45, 2.75) is 32.9 Å². The third-order valence-electron chi connectivity index (χ3n) is 1.83. The van der Waals surface area contributed by atoms with Gasteiger partial charge < -0.3 is 10.4 Å². The van der Waals surface area contributed by atoms with Crippen LogP contribution >= 0.6 is 11.3 Å². The third kappa shape index (κ3) is 4.41. The topological polar surface area (TPSA) is 32.3 Å². The molecule has 13 heavy (non-hydrogen) atoms. The second-order valence-electron chi connectivity index (χ2n) is 3.33. The molecule has 0 bridgehead atoms. The minimum atomic E-state index is -0.197. The standard InChI is InChI=1S/C10H17NOS/c1-8(12)5-6-11-7-10-4-3-9(2)13-10/h3-4,8,11-12H,5-7H2,1-2H3/t8-/m1/s1. The number of thiophene rings is 1. The zero-order chi connectivity index (χ0) is 9.68. The molecule has 0 spiro atoms. The molecule has 0 saturated carbocycles. The van der Waals surface area contributed by atoms with Crippen molar-refractivity contribution in [2.24, 2.45) is 0 Å². The molecule has 0 amide bonds. The highest BCUT2D eigenvalue weighted by Crippen LogP contribution is 2.14. The molecule has 0 aliphatic heterocycles. The van der Waals surface area contributed by atoms with Gasteiger partial charge in [0, 0.05) is 16.3 Å². The van der Waals surface area contributed by atoms with Gasteiger partial charge in [-0.1, -0.05) is 0 Å². The first-order valence-corrected chi connectivity index (χ1v) is 5.44. The van der Waals surface area contributed by atoms with Crippen LogP contribution in [0.4, 0.5) is 0 Å². The van der Waals surface area contributed by atoms with Crippen molar-refractivity contribution < 1.29 is 5.11 Å². The van der Waals surface area contributed by atoms with E-state index in [2.05, 4.69) is 24.4 Å². The van der Waals surface area contributed by atoms with Crippen LogP contribution in [0.15, 0.2) is 12.1 Å². The second-order valence-corrected chi connectivity index (χ2v) is 4.70. The Bertz CT molecular complexity index is 245. The van der Waals surface area contributed by atoms with Crippen molar-refractivity contribution >= 4 is 11.3 Å². The molecule has 1 rings (SSSR count). The smallest absolute Gasteiger partial charge is 0.0524 e. The molecule has 2 nitrogen and oxygen atoms in total. The van der Waals surface area contributed by atoms with E-state index < -0.39 is 0 Å². The van der Waals surface area contributed by atoms with Crippen molar-refractivity contribution in [3.05, 3.63) is 21.9 Å². The summed E-state index contributed by atoms with van der Waals surface area (Å²) in [5.74, 6) is 0. The number of aliphatic hydroxyl groups is 1. The highest BCUT2D eigenvalue weighted by Gasteiger charge is 1.97. The molecule has 0 aliphatic rings. The lowest BCUT2D eigenvalue weighted by Crippen LogP contribution is -2.17. The van der Waals surface area contributed by atoms with Crippen LogP contribution in [0, 0.1) is 6.92 Å². The average molecular weight is 199 g/mol. The Morgan fingerprint density at radius 1 is 1.54 bits per heavy atom. The third-order valence-corrected chi connectivity index (χ3v) is 2.83. The van der Waals surface area contributed by atoms with Crippen LogP contribution in [0.5, 0.6) is 0 Å². The summed E-state index contributed by atoms with van der Waals surface area (Å²) in [6.45, 7) is 5.74. The summed E-state index contributed by atoms with van der Waals surface area (Å²) in [7, 11) is 0. The van der Waals surface area contributed by atoms with E-state index in [-0.39, 0.29) is 6.10 Å². The normalized spacial score (nSPS) is 13.2. The Labute approximate surface area is 83.6 Å². The molecule has 0 aliphatic carbocycles. The number of aliphatic hydroxyl groups excluding tert-OH is 1. The summed E-state index contributed by atoms with van der Waals surface area (Å²) >= 11 is 1.82. The van der Waals surface area contributed by atoms with Gasteiger partial charge in [0.1, 0.15) is 0 Å². The molecule has 0 unspecified atom stereocenters. The maximum absolute atomic E-state index is 9.02. The fourth-order valence-electron chi connectivity index (χ4n) is 1.10. The van der Waals surface area contributed by atoms with Gasteiger partial charge in [0.2, 0.25) is 0 Å². The predicted molar refractivity (Wildman–Crippen MR) is 57.1 cm³/mol. The van der Waals surface area contributed by atoms with Gasteiger partial charge in [-0.05, 0) is 38.9 Å². The average Bonchev–Trinajstić information content (AvgIpc) is 2.45. The summed E-state index contributed by atoms with van der Waals surface area (Å²) in [6, 6.07) is 4.28. The van der Waals surface area contributed by atoms with Crippen LogP contribution in [0.1, 0.15) is 23.1 Å². The molecular weight excluding hydrogens is 182 g/mol. The molecule has 3 heteroatoms.